The molecule has 0 aromatic rings. The van der Waals surface area contributed by atoms with Crippen LogP contribution in [0.25, 0.3) is 0 Å². The van der Waals surface area contributed by atoms with Crippen molar-refractivity contribution in [3.8, 4) is 0 Å². The molecule has 94 valence electrons. The van der Waals surface area contributed by atoms with Crippen molar-refractivity contribution < 1.29 is 4.74 Å². The summed E-state index contributed by atoms with van der Waals surface area (Å²) in [6, 6.07) is 0. The van der Waals surface area contributed by atoms with Crippen LogP contribution in [0.2, 0.25) is 0 Å². The lowest BCUT2D eigenvalue weighted by Crippen LogP contribution is -2.53. The van der Waals surface area contributed by atoms with Crippen molar-refractivity contribution in [1.29, 1.82) is 0 Å². The predicted octanol–water partition coefficient (Wildman–Crippen LogP) is 1.18. The monoisotopic (exact) mass is 246 g/mol. The predicted molar refractivity (Wildman–Crippen MR) is 67.1 cm³/mol. The second kappa shape index (κ2) is 5.21. The molecule has 1 aliphatic carbocycles. The summed E-state index contributed by atoms with van der Waals surface area (Å²) in [6.45, 7) is 5.50. The van der Waals surface area contributed by atoms with Crippen LogP contribution in [0.4, 0.5) is 0 Å². The van der Waals surface area contributed by atoms with E-state index in [9.17, 15) is 0 Å². The molecule has 3 rings (SSSR count). The van der Waals surface area contributed by atoms with Gasteiger partial charge in [-0.25, -0.2) is 0 Å². The lowest BCUT2D eigenvalue weighted by Gasteiger charge is -2.53. The highest BCUT2D eigenvalue weighted by Gasteiger charge is 2.47. The highest BCUT2D eigenvalue weighted by atomic mass is 35.5. The van der Waals surface area contributed by atoms with Crippen molar-refractivity contribution in [2.24, 2.45) is 11.3 Å². The molecule has 2 aliphatic heterocycles. The molecular formula is C12H23ClN2O. The molecule has 0 bridgehead atoms. The van der Waals surface area contributed by atoms with Crippen molar-refractivity contribution in [3.05, 3.63) is 0 Å². The fourth-order valence-electron chi connectivity index (χ4n) is 3.57. The first-order valence-electron chi connectivity index (χ1n) is 6.41. The summed E-state index contributed by atoms with van der Waals surface area (Å²) in [5, 5.41) is 6.90. The summed E-state index contributed by atoms with van der Waals surface area (Å²) in [4.78, 5) is 0. The highest BCUT2D eigenvalue weighted by Crippen LogP contribution is 2.53. The van der Waals surface area contributed by atoms with E-state index in [0.717, 1.165) is 25.6 Å². The topological polar surface area (TPSA) is 33.3 Å². The van der Waals surface area contributed by atoms with Crippen molar-refractivity contribution in [2.75, 3.05) is 32.8 Å². The number of rotatable bonds is 1. The van der Waals surface area contributed by atoms with E-state index in [1.165, 1.54) is 38.8 Å². The molecule has 3 fully saturated rings. The van der Waals surface area contributed by atoms with Gasteiger partial charge in [-0.3, -0.25) is 0 Å². The minimum absolute atomic E-state index is 0. The second-order valence-electron chi connectivity index (χ2n) is 5.53. The molecule has 1 spiro atoms. The van der Waals surface area contributed by atoms with E-state index in [4.69, 9.17) is 4.74 Å². The molecular weight excluding hydrogens is 224 g/mol. The molecule has 2 saturated heterocycles. The van der Waals surface area contributed by atoms with E-state index in [2.05, 4.69) is 10.6 Å². The minimum Gasteiger partial charge on any atom is -0.375 e. The Morgan fingerprint density at radius 2 is 1.75 bits per heavy atom. The number of ether oxygens (including phenoxy) is 1. The van der Waals surface area contributed by atoms with E-state index in [1.54, 1.807) is 0 Å². The van der Waals surface area contributed by atoms with Crippen LogP contribution in [-0.2, 0) is 4.74 Å². The summed E-state index contributed by atoms with van der Waals surface area (Å²) in [5.41, 5.74) is 0.705. The van der Waals surface area contributed by atoms with Crippen LogP contribution >= 0.6 is 12.4 Å². The van der Waals surface area contributed by atoms with E-state index < -0.39 is 0 Å². The smallest absolute Gasteiger partial charge is 0.0728 e. The first-order valence-corrected chi connectivity index (χ1v) is 6.41. The minimum atomic E-state index is 0. The van der Waals surface area contributed by atoms with Gasteiger partial charge in [0.05, 0.1) is 12.7 Å². The van der Waals surface area contributed by atoms with Crippen molar-refractivity contribution in [2.45, 2.75) is 31.8 Å². The number of morpholine rings is 1. The van der Waals surface area contributed by atoms with Gasteiger partial charge < -0.3 is 15.4 Å². The van der Waals surface area contributed by atoms with E-state index in [1.807, 2.05) is 0 Å². The number of piperidine rings is 1. The maximum atomic E-state index is 5.84. The van der Waals surface area contributed by atoms with Gasteiger partial charge in [-0.15, -0.1) is 12.4 Å². The third-order valence-corrected chi connectivity index (χ3v) is 4.54. The molecule has 4 heteroatoms. The fourth-order valence-corrected chi connectivity index (χ4v) is 3.57. The molecule has 2 heterocycles. The van der Waals surface area contributed by atoms with Crippen molar-refractivity contribution >= 4 is 12.4 Å². The van der Waals surface area contributed by atoms with E-state index >= 15 is 0 Å². The summed E-state index contributed by atoms with van der Waals surface area (Å²) >= 11 is 0. The molecule has 0 aromatic carbocycles. The zero-order valence-electron chi connectivity index (χ0n) is 9.84. The molecule has 3 aliphatic rings. The third kappa shape index (κ3) is 2.37. The van der Waals surface area contributed by atoms with Crippen LogP contribution < -0.4 is 10.6 Å². The fraction of sp³-hybridized carbons (Fsp3) is 1.00. The molecule has 16 heavy (non-hydrogen) atoms. The molecule has 1 unspecified atom stereocenters. The molecule has 2 N–H and O–H groups in total. The van der Waals surface area contributed by atoms with Crippen LogP contribution in [0, 0.1) is 11.3 Å². The Labute approximate surface area is 104 Å². The average molecular weight is 247 g/mol. The lowest BCUT2D eigenvalue weighted by molar-refractivity contribution is -0.0909. The second-order valence-corrected chi connectivity index (χ2v) is 5.53. The largest absolute Gasteiger partial charge is 0.375 e. The average Bonchev–Trinajstić information content (AvgIpc) is 2.28. The van der Waals surface area contributed by atoms with Gasteiger partial charge in [-0.1, -0.05) is 0 Å². The van der Waals surface area contributed by atoms with Gasteiger partial charge in [0.25, 0.3) is 0 Å². The Morgan fingerprint density at radius 1 is 1.00 bits per heavy atom. The molecule has 3 nitrogen and oxygen atoms in total. The third-order valence-electron chi connectivity index (χ3n) is 4.54. The first kappa shape index (κ1) is 12.6. The number of halogens is 1. The number of hydrogen-bond donors (Lipinski definition) is 2. The normalized spacial score (nSPS) is 34.1. The van der Waals surface area contributed by atoms with Crippen molar-refractivity contribution in [3.63, 3.8) is 0 Å². The van der Waals surface area contributed by atoms with Crippen LogP contribution in [0.1, 0.15) is 25.7 Å². The van der Waals surface area contributed by atoms with E-state index in [0.29, 0.717) is 11.5 Å². The van der Waals surface area contributed by atoms with Crippen LogP contribution in [0.5, 0.6) is 0 Å². The molecule has 1 atom stereocenters. The Balaban J connectivity index is 0.000000963. The Kier molecular flexibility index (Phi) is 4.11. The Hall–Kier alpha value is 0.170. The Bertz CT molecular complexity index is 217. The van der Waals surface area contributed by atoms with E-state index in [-0.39, 0.29) is 12.4 Å². The van der Waals surface area contributed by atoms with Gasteiger partial charge >= 0.3 is 0 Å². The first-order chi connectivity index (χ1) is 7.38. The highest BCUT2D eigenvalue weighted by molar-refractivity contribution is 5.85. The lowest BCUT2D eigenvalue weighted by atomic mass is 9.56. The van der Waals surface area contributed by atoms with Crippen LogP contribution in [-0.4, -0.2) is 38.9 Å². The number of hydrogen-bond acceptors (Lipinski definition) is 3. The molecule has 0 radical (unpaired) electrons. The summed E-state index contributed by atoms with van der Waals surface area (Å²) in [7, 11) is 0. The van der Waals surface area contributed by atoms with Gasteiger partial charge in [0.1, 0.15) is 0 Å². The maximum Gasteiger partial charge on any atom is 0.0728 e. The zero-order chi connectivity index (χ0) is 10.1. The van der Waals surface area contributed by atoms with Gasteiger partial charge in [0.15, 0.2) is 0 Å². The SMILES string of the molecule is C1CC2(CCN1)CC(C1CNCCO1)C2.Cl. The zero-order valence-corrected chi connectivity index (χ0v) is 10.7. The molecule has 1 saturated carbocycles. The van der Waals surface area contributed by atoms with Gasteiger partial charge in [-0.2, -0.15) is 0 Å². The van der Waals surface area contributed by atoms with Gasteiger partial charge in [-0.05, 0) is 50.1 Å². The van der Waals surface area contributed by atoms with Gasteiger partial charge in [0, 0.05) is 13.1 Å². The summed E-state index contributed by atoms with van der Waals surface area (Å²) in [6.07, 6.45) is 6.13. The standard InChI is InChI=1S/C12H22N2O.ClH/c1-3-13-4-2-12(1)7-10(8-12)11-9-14-5-6-15-11;/h10-11,13-14H,1-9H2;1H. The van der Waals surface area contributed by atoms with Crippen molar-refractivity contribution in [1.82, 2.24) is 10.6 Å². The molecule has 0 aromatic heterocycles. The quantitative estimate of drug-likeness (QED) is 0.729. The summed E-state index contributed by atoms with van der Waals surface area (Å²) in [5.74, 6) is 0.843. The Morgan fingerprint density at radius 3 is 2.38 bits per heavy atom. The van der Waals surface area contributed by atoms with Crippen LogP contribution in [0.15, 0.2) is 0 Å². The van der Waals surface area contributed by atoms with Crippen LogP contribution in [0.3, 0.4) is 0 Å². The molecule has 0 amide bonds. The maximum absolute atomic E-state index is 5.84. The number of nitrogens with one attached hydrogen (secondary N) is 2. The van der Waals surface area contributed by atoms with Gasteiger partial charge in [0.2, 0.25) is 0 Å². The summed E-state index contributed by atoms with van der Waals surface area (Å²) < 4.78 is 5.84.